The fraction of sp³-hybridized carbons (Fsp3) is 0.125. The molecule has 0 bridgehead atoms. The van der Waals surface area contributed by atoms with Crippen molar-refractivity contribution in [2.75, 3.05) is 15.5 Å². The van der Waals surface area contributed by atoms with Gasteiger partial charge in [-0.05, 0) is 41.5 Å². The number of carbonyl (C=O) groups excluding carboxylic acids is 1. The number of alkyl halides is 3. The van der Waals surface area contributed by atoms with Gasteiger partial charge >= 0.3 is 6.18 Å². The van der Waals surface area contributed by atoms with Crippen molar-refractivity contribution in [1.29, 1.82) is 0 Å². The van der Waals surface area contributed by atoms with E-state index in [2.05, 4.69) is 10.6 Å². The Morgan fingerprint density at radius 1 is 0.969 bits per heavy atom. The number of nitrogens with zero attached hydrogens (tertiary/aromatic N) is 1. The molecule has 0 saturated carbocycles. The zero-order valence-corrected chi connectivity index (χ0v) is 16.6. The van der Waals surface area contributed by atoms with Crippen LogP contribution in [0.5, 0.6) is 0 Å². The molecule has 0 spiro atoms. The summed E-state index contributed by atoms with van der Waals surface area (Å²) in [6.07, 6.45) is -3.34. The van der Waals surface area contributed by atoms with Gasteiger partial charge < -0.3 is 15.5 Å². The minimum absolute atomic E-state index is 0.0192. The van der Waals surface area contributed by atoms with Gasteiger partial charge in [-0.15, -0.1) is 0 Å². The second-order valence-electron chi connectivity index (χ2n) is 7.67. The van der Waals surface area contributed by atoms with Gasteiger partial charge in [0.2, 0.25) is 0 Å². The summed E-state index contributed by atoms with van der Waals surface area (Å²) in [6, 6.07) is 15.7. The van der Waals surface area contributed by atoms with Crippen molar-refractivity contribution in [3.63, 3.8) is 0 Å². The van der Waals surface area contributed by atoms with Crippen LogP contribution in [0.4, 0.5) is 34.6 Å². The summed E-state index contributed by atoms with van der Waals surface area (Å²) in [6.45, 7) is 0.790. The third-order valence-corrected chi connectivity index (χ3v) is 5.64. The van der Waals surface area contributed by atoms with Crippen LogP contribution >= 0.6 is 0 Å². The van der Waals surface area contributed by atoms with E-state index < -0.39 is 23.5 Å². The minimum Gasteiger partial charge on any atom is -0.362 e. The van der Waals surface area contributed by atoms with Crippen molar-refractivity contribution in [2.45, 2.75) is 19.3 Å². The number of halogens is 4. The molecule has 3 aromatic carbocycles. The fourth-order valence-electron chi connectivity index (χ4n) is 4.13. The first-order chi connectivity index (χ1) is 15.3. The van der Waals surface area contributed by atoms with Crippen LogP contribution in [0.1, 0.15) is 22.3 Å². The SMILES string of the molecule is O=C1Nc2cccc(F)c2/C1=C\Nc1ccc(N2Cc3ccccc3C2)c(C(F)(F)F)c1. The number of nitrogens with one attached hydrogen (secondary N) is 2. The fourth-order valence-corrected chi connectivity index (χ4v) is 4.13. The Hall–Kier alpha value is -3.81. The van der Waals surface area contributed by atoms with Crippen LogP contribution in [0.25, 0.3) is 5.57 Å². The molecule has 0 aromatic heterocycles. The van der Waals surface area contributed by atoms with E-state index in [1.54, 1.807) is 11.0 Å². The largest absolute Gasteiger partial charge is 0.418 e. The number of rotatable bonds is 3. The Morgan fingerprint density at radius 3 is 2.38 bits per heavy atom. The smallest absolute Gasteiger partial charge is 0.362 e. The van der Waals surface area contributed by atoms with Gasteiger partial charge in [-0.1, -0.05) is 30.3 Å². The van der Waals surface area contributed by atoms with Crippen molar-refractivity contribution in [1.82, 2.24) is 0 Å². The van der Waals surface area contributed by atoms with Crippen LogP contribution in [0.2, 0.25) is 0 Å². The Bertz CT molecular complexity index is 1240. The average molecular weight is 439 g/mol. The van der Waals surface area contributed by atoms with Crippen molar-refractivity contribution in [3.05, 3.63) is 94.9 Å². The highest BCUT2D eigenvalue weighted by Crippen LogP contribution is 2.41. The molecule has 0 fully saturated rings. The van der Waals surface area contributed by atoms with E-state index in [4.69, 9.17) is 0 Å². The molecule has 5 rings (SSSR count). The van der Waals surface area contributed by atoms with Gasteiger partial charge in [0, 0.05) is 36.2 Å². The summed E-state index contributed by atoms with van der Waals surface area (Å²) in [5.74, 6) is -1.12. The van der Waals surface area contributed by atoms with Crippen LogP contribution in [0, 0.1) is 5.82 Å². The Kier molecular flexibility index (Phi) is 4.65. The molecule has 2 N–H and O–H groups in total. The van der Waals surface area contributed by atoms with Gasteiger partial charge in [-0.25, -0.2) is 4.39 Å². The number of hydrogen-bond donors (Lipinski definition) is 2. The van der Waals surface area contributed by atoms with Gasteiger partial charge in [0.15, 0.2) is 0 Å². The van der Waals surface area contributed by atoms with E-state index >= 15 is 0 Å². The molecule has 0 saturated heterocycles. The molecular formula is C24H17F4N3O. The topological polar surface area (TPSA) is 44.4 Å². The Balaban J connectivity index is 1.46. The molecule has 32 heavy (non-hydrogen) atoms. The molecule has 1 amide bonds. The summed E-state index contributed by atoms with van der Waals surface area (Å²) in [7, 11) is 0. The van der Waals surface area contributed by atoms with E-state index in [0.29, 0.717) is 18.8 Å². The summed E-state index contributed by atoms with van der Waals surface area (Å²) in [4.78, 5) is 13.9. The van der Waals surface area contributed by atoms with E-state index in [0.717, 1.165) is 17.2 Å². The number of carbonyl (C=O) groups is 1. The summed E-state index contributed by atoms with van der Waals surface area (Å²) >= 11 is 0. The number of hydrogen-bond acceptors (Lipinski definition) is 3. The van der Waals surface area contributed by atoms with E-state index in [1.165, 1.54) is 30.5 Å². The number of benzene rings is 3. The normalized spacial score (nSPS) is 16.2. The molecular weight excluding hydrogens is 422 g/mol. The second-order valence-corrected chi connectivity index (χ2v) is 7.67. The molecule has 0 unspecified atom stereocenters. The van der Waals surface area contributed by atoms with Gasteiger partial charge in [0.1, 0.15) is 5.82 Å². The maximum Gasteiger partial charge on any atom is 0.418 e. The summed E-state index contributed by atoms with van der Waals surface area (Å²) in [5.41, 5.74) is 1.88. The molecule has 2 aliphatic heterocycles. The lowest BCUT2D eigenvalue weighted by atomic mass is 10.1. The maximum absolute atomic E-state index is 14.2. The molecule has 3 aromatic rings. The lowest BCUT2D eigenvalue weighted by Gasteiger charge is -2.23. The van der Waals surface area contributed by atoms with Gasteiger partial charge in [0.05, 0.1) is 16.8 Å². The van der Waals surface area contributed by atoms with Gasteiger partial charge in [-0.2, -0.15) is 13.2 Å². The summed E-state index contributed by atoms with van der Waals surface area (Å²) < 4.78 is 55.8. The first kappa shape index (κ1) is 20.1. The number of anilines is 3. The third kappa shape index (κ3) is 3.47. The van der Waals surface area contributed by atoms with Crippen LogP contribution in [-0.2, 0) is 24.1 Å². The molecule has 8 heteroatoms. The van der Waals surface area contributed by atoms with Crippen LogP contribution in [0.3, 0.4) is 0 Å². The predicted octanol–water partition coefficient (Wildman–Crippen LogP) is 5.77. The predicted molar refractivity (Wildman–Crippen MR) is 114 cm³/mol. The van der Waals surface area contributed by atoms with E-state index in [1.807, 2.05) is 24.3 Å². The third-order valence-electron chi connectivity index (χ3n) is 5.64. The molecule has 2 heterocycles. The standard InChI is InChI=1S/C24H17F4N3O/c25-19-6-3-7-20-22(19)17(23(32)30-20)11-29-16-8-9-21(18(10-16)24(26,27)28)31-12-14-4-1-2-5-15(14)13-31/h1-11,29H,12-13H2,(H,30,32)/b17-11+. The van der Waals surface area contributed by atoms with Crippen LogP contribution < -0.4 is 15.5 Å². The van der Waals surface area contributed by atoms with Crippen LogP contribution in [0.15, 0.2) is 66.9 Å². The van der Waals surface area contributed by atoms with E-state index in [-0.39, 0.29) is 22.5 Å². The first-order valence-corrected chi connectivity index (χ1v) is 9.91. The van der Waals surface area contributed by atoms with Crippen molar-refractivity contribution in [3.8, 4) is 0 Å². The number of fused-ring (bicyclic) bond motifs is 2. The first-order valence-electron chi connectivity index (χ1n) is 9.91. The van der Waals surface area contributed by atoms with Gasteiger partial charge in [0.25, 0.3) is 5.91 Å². The maximum atomic E-state index is 14.2. The quantitative estimate of drug-likeness (QED) is 0.402. The molecule has 4 nitrogen and oxygen atoms in total. The second kappa shape index (κ2) is 7.40. The highest BCUT2D eigenvalue weighted by atomic mass is 19.4. The lowest BCUT2D eigenvalue weighted by Crippen LogP contribution is -2.20. The Morgan fingerprint density at radius 2 is 1.69 bits per heavy atom. The molecule has 162 valence electrons. The van der Waals surface area contributed by atoms with Crippen LogP contribution in [-0.4, -0.2) is 5.91 Å². The van der Waals surface area contributed by atoms with Gasteiger partial charge in [-0.3, -0.25) is 4.79 Å². The van der Waals surface area contributed by atoms with Crippen molar-refractivity contribution >= 4 is 28.5 Å². The monoisotopic (exact) mass is 439 g/mol. The summed E-state index contributed by atoms with van der Waals surface area (Å²) in [5, 5.41) is 5.27. The molecule has 0 radical (unpaired) electrons. The molecule has 2 aliphatic rings. The van der Waals surface area contributed by atoms with E-state index in [9.17, 15) is 22.4 Å². The number of amides is 1. The highest BCUT2D eigenvalue weighted by molar-refractivity contribution is 6.31. The molecule has 0 atom stereocenters. The Labute approximate surface area is 181 Å². The highest BCUT2D eigenvalue weighted by Gasteiger charge is 2.36. The zero-order chi connectivity index (χ0) is 22.5. The minimum atomic E-state index is -4.57. The molecule has 0 aliphatic carbocycles. The zero-order valence-electron chi connectivity index (χ0n) is 16.6. The van der Waals surface area contributed by atoms with Crippen molar-refractivity contribution < 1.29 is 22.4 Å². The lowest BCUT2D eigenvalue weighted by molar-refractivity contribution is -0.137. The van der Waals surface area contributed by atoms with Crippen molar-refractivity contribution in [2.24, 2.45) is 0 Å². The average Bonchev–Trinajstić information content (AvgIpc) is 3.32.